The summed E-state index contributed by atoms with van der Waals surface area (Å²) < 4.78 is 15.4. The molecule has 1 heterocycles. The number of rotatable bonds is 7. The first-order chi connectivity index (χ1) is 9.90. The molecule has 0 amide bonds. The van der Waals surface area contributed by atoms with Crippen LogP contribution in [-0.2, 0) is 23.8 Å². The Labute approximate surface area is 165 Å². The van der Waals surface area contributed by atoms with Gasteiger partial charge < -0.3 is 14.2 Å². The fraction of sp³-hybridized carbons (Fsp3) is 0.833. The van der Waals surface area contributed by atoms with Crippen molar-refractivity contribution in [2.24, 2.45) is 0 Å². The lowest BCUT2D eigenvalue weighted by Gasteiger charge is -2.30. The monoisotopic (exact) mass is 637 g/mol. The maximum Gasteiger partial charge on any atom is 0.329 e. The summed E-state index contributed by atoms with van der Waals surface area (Å²) >= 11 is 5.98. The van der Waals surface area contributed by atoms with Gasteiger partial charge in [0, 0.05) is 19.6 Å². The highest BCUT2D eigenvalue weighted by Crippen LogP contribution is 2.14. The molecule has 0 aromatic carbocycles. The molecular weight excluding hydrogens is 619 g/mol. The molecule has 2 atom stereocenters. The summed E-state index contributed by atoms with van der Waals surface area (Å²) in [4.78, 5) is 25.5. The first-order valence-corrected chi connectivity index (χ1v) is 10.2. The number of morpholine rings is 1. The lowest BCUT2D eigenvalue weighted by Crippen LogP contribution is -2.44. The number of nitrogens with zero attached hydrogens (tertiary/aromatic N) is 1. The second kappa shape index (κ2) is 10.8. The van der Waals surface area contributed by atoms with E-state index < -0.39 is 6.10 Å². The lowest BCUT2D eigenvalue weighted by molar-refractivity contribution is -0.158. The van der Waals surface area contributed by atoms with E-state index in [1.165, 1.54) is 0 Å². The summed E-state index contributed by atoms with van der Waals surface area (Å²) in [6.45, 7) is 5.34. The normalized spacial score (nSPS) is 19.1. The van der Waals surface area contributed by atoms with Gasteiger partial charge in [-0.1, -0.05) is 67.8 Å². The van der Waals surface area contributed by atoms with Crippen LogP contribution in [0.4, 0.5) is 0 Å². The Hall–Kier alpha value is 1.05. The fourth-order valence-corrected chi connectivity index (χ4v) is 2.17. The Morgan fingerprint density at radius 3 is 2.33 bits per heavy atom. The Morgan fingerprint density at radius 2 is 1.81 bits per heavy atom. The quantitative estimate of drug-likeness (QED) is 0.241. The van der Waals surface area contributed by atoms with Gasteiger partial charge >= 0.3 is 11.9 Å². The van der Waals surface area contributed by atoms with Crippen molar-refractivity contribution in [3.8, 4) is 0 Å². The molecule has 0 radical (unpaired) electrons. The molecule has 122 valence electrons. The van der Waals surface area contributed by atoms with Gasteiger partial charge in [-0.15, -0.1) is 0 Å². The van der Waals surface area contributed by atoms with Crippen LogP contribution in [0.5, 0.6) is 0 Å². The van der Waals surface area contributed by atoms with Crippen molar-refractivity contribution in [3.05, 3.63) is 0 Å². The molecule has 0 bridgehead atoms. The molecule has 0 spiro atoms. The van der Waals surface area contributed by atoms with Crippen molar-refractivity contribution in [1.82, 2.24) is 4.90 Å². The number of hydrogen-bond donors (Lipinski definition) is 0. The molecule has 9 heteroatoms. The van der Waals surface area contributed by atoms with Crippen LogP contribution in [0.2, 0.25) is 0 Å². The summed E-state index contributed by atoms with van der Waals surface area (Å²) in [6, 6.07) is 0. The van der Waals surface area contributed by atoms with Gasteiger partial charge in [-0.25, -0.2) is 0 Å². The number of halogens is 3. The molecule has 0 N–H and O–H groups in total. The van der Waals surface area contributed by atoms with Crippen LogP contribution in [0.25, 0.3) is 0 Å². The number of hydrogen-bond acceptors (Lipinski definition) is 6. The minimum atomic E-state index is -0.443. The summed E-state index contributed by atoms with van der Waals surface area (Å²) in [5.74, 6) is -0.591. The van der Waals surface area contributed by atoms with E-state index in [0.29, 0.717) is 19.8 Å². The number of carbonyl (C=O) groups excluding carboxylic acids is 2. The summed E-state index contributed by atoms with van der Waals surface area (Å²) in [5, 5.41) is 0. The third-order valence-corrected chi connectivity index (χ3v) is 4.29. The first-order valence-electron chi connectivity index (χ1n) is 6.49. The van der Waals surface area contributed by atoms with E-state index >= 15 is 0 Å². The van der Waals surface area contributed by atoms with Crippen molar-refractivity contribution in [2.45, 2.75) is 18.9 Å². The van der Waals surface area contributed by atoms with Crippen molar-refractivity contribution in [3.63, 3.8) is 0 Å². The Balaban J connectivity index is 2.51. The molecule has 1 aliphatic heterocycles. The SMILES string of the molecule is CC(I)C(=O)OCC(CN1CCOCC1)OC(=O)C(I)I. The molecule has 1 aliphatic rings. The standard InChI is InChI=1S/C12H18I3NO5/c1-8(13)11(17)20-7-9(21-12(18)10(14)15)6-16-2-4-19-5-3-16/h8-10H,2-7H2,1H3. The highest BCUT2D eigenvalue weighted by molar-refractivity contribution is 14.2. The molecule has 0 saturated carbocycles. The zero-order valence-corrected chi connectivity index (χ0v) is 18.1. The van der Waals surface area contributed by atoms with Crippen LogP contribution < -0.4 is 0 Å². The average molecular weight is 637 g/mol. The molecular formula is C12H18I3NO5. The van der Waals surface area contributed by atoms with Crippen LogP contribution in [0.1, 0.15) is 6.92 Å². The van der Waals surface area contributed by atoms with Crippen molar-refractivity contribution >= 4 is 79.7 Å². The predicted molar refractivity (Wildman–Crippen MR) is 103 cm³/mol. The number of esters is 2. The maximum absolute atomic E-state index is 11.8. The van der Waals surface area contributed by atoms with Crippen LogP contribution >= 0.6 is 67.8 Å². The third-order valence-electron chi connectivity index (χ3n) is 2.76. The fourth-order valence-electron chi connectivity index (χ4n) is 1.70. The van der Waals surface area contributed by atoms with Gasteiger partial charge in [-0.3, -0.25) is 14.5 Å². The molecule has 0 aromatic rings. The van der Waals surface area contributed by atoms with Crippen molar-refractivity contribution < 1.29 is 23.8 Å². The number of alkyl halides is 3. The number of ether oxygens (including phenoxy) is 3. The molecule has 6 nitrogen and oxygen atoms in total. The topological polar surface area (TPSA) is 65.1 Å². The van der Waals surface area contributed by atoms with Crippen molar-refractivity contribution in [1.29, 1.82) is 0 Å². The van der Waals surface area contributed by atoms with Crippen LogP contribution in [0.15, 0.2) is 0 Å². The lowest BCUT2D eigenvalue weighted by atomic mass is 10.3. The first kappa shape index (κ1) is 20.1. The van der Waals surface area contributed by atoms with Gasteiger partial charge in [0.2, 0.25) is 0 Å². The van der Waals surface area contributed by atoms with E-state index in [1.807, 2.05) is 67.8 Å². The Morgan fingerprint density at radius 1 is 1.19 bits per heavy atom. The minimum Gasteiger partial charge on any atom is -0.461 e. The predicted octanol–water partition coefficient (Wildman–Crippen LogP) is 1.79. The van der Waals surface area contributed by atoms with Gasteiger partial charge in [0.05, 0.1) is 13.2 Å². The van der Waals surface area contributed by atoms with Gasteiger partial charge in [-0.05, 0) is 6.92 Å². The van der Waals surface area contributed by atoms with E-state index in [0.717, 1.165) is 13.1 Å². The van der Waals surface area contributed by atoms with Gasteiger partial charge in [0.1, 0.15) is 16.6 Å². The van der Waals surface area contributed by atoms with E-state index in [1.54, 1.807) is 6.92 Å². The second-order valence-corrected chi connectivity index (χ2v) is 11.3. The highest BCUT2D eigenvalue weighted by atomic mass is 127. The van der Waals surface area contributed by atoms with E-state index in [2.05, 4.69) is 4.90 Å². The molecule has 0 aliphatic carbocycles. The third kappa shape index (κ3) is 8.46. The molecule has 1 saturated heterocycles. The molecule has 0 aromatic heterocycles. The van der Waals surface area contributed by atoms with Crippen molar-refractivity contribution in [2.75, 3.05) is 39.5 Å². The average Bonchev–Trinajstić information content (AvgIpc) is 2.45. The van der Waals surface area contributed by atoms with Gasteiger partial charge in [0.15, 0.2) is 1.93 Å². The van der Waals surface area contributed by atoms with E-state index in [-0.39, 0.29) is 24.4 Å². The van der Waals surface area contributed by atoms with Crippen LogP contribution in [0, 0.1) is 0 Å². The number of carbonyl (C=O) groups is 2. The maximum atomic E-state index is 11.8. The molecule has 21 heavy (non-hydrogen) atoms. The smallest absolute Gasteiger partial charge is 0.329 e. The Kier molecular flexibility index (Phi) is 10.3. The highest BCUT2D eigenvalue weighted by Gasteiger charge is 2.24. The second-order valence-electron chi connectivity index (χ2n) is 4.52. The summed E-state index contributed by atoms with van der Waals surface area (Å²) in [6.07, 6.45) is -0.443. The molecule has 1 fully saturated rings. The summed E-state index contributed by atoms with van der Waals surface area (Å²) in [5.41, 5.74) is 0. The Bertz CT molecular complexity index is 348. The van der Waals surface area contributed by atoms with E-state index in [4.69, 9.17) is 14.2 Å². The zero-order chi connectivity index (χ0) is 15.8. The summed E-state index contributed by atoms with van der Waals surface area (Å²) in [7, 11) is 0. The van der Waals surface area contributed by atoms with Gasteiger partial charge in [0.25, 0.3) is 0 Å². The van der Waals surface area contributed by atoms with Crippen LogP contribution in [-0.4, -0.2) is 68.3 Å². The van der Waals surface area contributed by atoms with Crippen LogP contribution in [0.3, 0.4) is 0 Å². The zero-order valence-electron chi connectivity index (χ0n) is 11.6. The van der Waals surface area contributed by atoms with Gasteiger partial charge in [-0.2, -0.15) is 0 Å². The largest absolute Gasteiger partial charge is 0.461 e. The molecule has 2 unspecified atom stereocenters. The van der Waals surface area contributed by atoms with E-state index in [9.17, 15) is 9.59 Å². The minimum absolute atomic E-state index is 0.0925. The molecule has 1 rings (SSSR count).